The molecule has 0 aliphatic heterocycles. The van der Waals surface area contributed by atoms with E-state index in [2.05, 4.69) is 0 Å². The number of carbonyl (C=O) groups excluding carboxylic acids is 2. The monoisotopic (exact) mass is 410 g/mol. The number of nitro groups is 1. The van der Waals surface area contributed by atoms with Crippen LogP contribution in [0, 0.1) is 10.1 Å². The van der Waals surface area contributed by atoms with Crippen LogP contribution in [-0.4, -0.2) is 23.4 Å². The number of hydrogen-bond donors (Lipinski definition) is 0. The Kier molecular flexibility index (Phi) is 6.57. The molecule has 0 atom stereocenters. The zero-order valence-corrected chi connectivity index (χ0v) is 15.5. The van der Waals surface area contributed by atoms with Gasteiger partial charge in [-0.3, -0.25) is 14.9 Å². The Hall–Kier alpha value is -3.43. The molecule has 0 aliphatic rings. The van der Waals surface area contributed by atoms with E-state index in [4.69, 9.17) is 4.74 Å². The lowest BCUT2D eigenvalue weighted by atomic mass is 10.1. The van der Waals surface area contributed by atoms with Crippen LogP contribution in [0.3, 0.4) is 0 Å². The van der Waals surface area contributed by atoms with E-state index in [9.17, 15) is 32.9 Å². The van der Waals surface area contributed by atoms with Crippen LogP contribution in [0.5, 0.6) is 0 Å². The van der Waals surface area contributed by atoms with E-state index in [0.717, 1.165) is 36.1 Å². The standard InChI is InChI=1S/C19H17F3N2O5/c1-3-29-18(26)14-6-9-16(24(27)28)17(10-14)23(12(2)25)11-13-4-7-15(8-5-13)19(20,21)22/h4-10H,3,11H2,1-2H3. The summed E-state index contributed by atoms with van der Waals surface area (Å²) in [7, 11) is 0. The lowest BCUT2D eigenvalue weighted by molar-refractivity contribution is -0.384. The highest BCUT2D eigenvalue weighted by atomic mass is 19.4. The number of anilines is 1. The first-order chi connectivity index (χ1) is 13.5. The molecule has 0 fully saturated rings. The van der Waals surface area contributed by atoms with Gasteiger partial charge in [0.25, 0.3) is 5.69 Å². The summed E-state index contributed by atoms with van der Waals surface area (Å²) in [5, 5.41) is 11.4. The molecule has 0 radical (unpaired) electrons. The number of esters is 1. The molecule has 0 saturated carbocycles. The van der Waals surface area contributed by atoms with Gasteiger partial charge in [-0.15, -0.1) is 0 Å². The minimum Gasteiger partial charge on any atom is -0.462 e. The lowest BCUT2D eigenvalue weighted by Crippen LogP contribution is -2.29. The predicted molar refractivity (Wildman–Crippen MR) is 97.4 cm³/mol. The number of hydrogen-bond acceptors (Lipinski definition) is 5. The minimum atomic E-state index is -4.51. The van der Waals surface area contributed by atoms with Gasteiger partial charge in [0.05, 0.1) is 29.2 Å². The Morgan fingerprint density at radius 2 is 1.76 bits per heavy atom. The molecule has 0 heterocycles. The number of alkyl halides is 3. The first-order valence-corrected chi connectivity index (χ1v) is 8.44. The van der Waals surface area contributed by atoms with Gasteiger partial charge >= 0.3 is 12.1 Å². The average molecular weight is 410 g/mol. The van der Waals surface area contributed by atoms with Crippen molar-refractivity contribution in [2.75, 3.05) is 11.5 Å². The third-order valence-electron chi connectivity index (χ3n) is 3.98. The third kappa shape index (κ3) is 5.31. The predicted octanol–water partition coefficient (Wildman–Crippen LogP) is 4.34. The number of rotatable bonds is 6. The van der Waals surface area contributed by atoms with E-state index in [1.807, 2.05) is 0 Å². The van der Waals surface area contributed by atoms with E-state index in [1.54, 1.807) is 6.92 Å². The molecule has 2 rings (SSSR count). The molecule has 0 spiro atoms. The van der Waals surface area contributed by atoms with Gasteiger partial charge in [-0.05, 0) is 36.8 Å². The fourth-order valence-electron chi connectivity index (χ4n) is 2.58. The van der Waals surface area contributed by atoms with Crippen molar-refractivity contribution in [1.82, 2.24) is 0 Å². The van der Waals surface area contributed by atoms with Gasteiger partial charge < -0.3 is 9.64 Å². The number of nitrogens with zero attached hydrogens (tertiary/aromatic N) is 2. The second-order valence-corrected chi connectivity index (χ2v) is 5.98. The van der Waals surface area contributed by atoms with Crippen molar-refractivity contribution in [3.05, 3.63) is 69.3 Å². The van der Waals surface area contributed by atoms with Gasteiger partial charge in [-0.2, -0.15) is 13.2 Å². The van der Waals surface area contributed by atoms with Crippen LogP contribution in [-0.2, 0) is 22.3 Å². The molecule has 0 aliphatic carbocycles. The molecule has 0 saturated heterocycles. The average Bonchev–Trinajstić information content (AvgIpc) is 2.65. The van der Waals surface area contributed by atoms with Crippen molar-refractivity contribution in [2.45, 2.75) is 26.6 Å². The summed E-state index contributed by atoms with van der Waals surface area (Å²) in [4.78, 5) is 35.8. The molecule has 29 heavy (non-hydrogen) atoms. The maximum atomic E-state index is 12.7. The van der Waals surface area contributed by atoms with Crippen LogP contribution in [0.15, 0.2) is 42.5 Å². The molecule has 2 aromatic rings. The molecule has 0 unspecified atom stereocenters. The molecule has 0 aromatic heterocycles. The van der Waals surface area contributed by atoms with E-state index >= 15 is 0 Å². The zero-order chi connectivity index (χ0) is 21.8. The Bertz CT molecular complexity index is 926. The third-order valence-corrected chi connectivity index (χ3v) is 3.98. The van der Waals surface area contributed by atoms with Gasteiger partial charge in [-0.25, -0.2) is 4.79 Å². The molecule has 7 nitrogen and oxygen atoms in total. The molecule has 0 N–H and O–H groups in total. The SMILES string of the molecule is CCOC(=O)c1ccc([N+](=O)[O-])c(N(Cc2ccc(C(F)(F)F)cc2)C(C)=O)c1. The molecule has 10 heteroatoms. The quantitative estimate of drug-likeness (QED) is 0.401. The summed E-state index contributed by atoms with van der Waals surface area (Å²) in [5.41, 5.74) is -1.12. The highest BCUT2D eigenvalue weighted by Gasteiger charge is 2.30. The van der Waals surface area contributed by atoms with Gasteiger partial charge in [0.15, 0.2) is 0 Å². The van der Waals surface area contributed by atoms with Crippen LogP contribution >= 0.6 is 0 Å². The number of ether oxygens (including phenoxy) is 1. The van der Waals surface area contributed by atoms with Crippen molar-refractivity contribution >= 4 is 23.3 Å². The summed E-state index contributed by atoms with van der Waals surface area (Å²) in [6.07, 6.45) is -4.51. The van der Waals surface area contributed by atoms with Gasteiger partial charge in [0.2, 0.25) is 5.91 Å². The molecule has 154 valence electrons. The molecule has 2 aromatic carbocycles. The number of nitro benzene ring substituents is 1. The van der Waals surface area contributed by atoms with Crippen LogP contribution in [0.25, 0.3) is 0 Å². The van der Waals surface area contributed by atoms with Crippen molar-refractivity contribution in [3.63, 3.8) is 0 Å². The lowest BCUT2D eigenvalue weighted by Gasteiger charge is -2.22. The van der Waals surface area contributed by atoms with E-state index < -0.39 is 34.2 Å². The van der Waals surface area contributed by atoms with Crippen molar-refractivity contribution in [3.8, 4) is 0 Å². The topological polar surface area (TPSA) is 89.8 Å². The van der Waals surface area contributed by atoms with Crippen LogP contribution in [0.1, 0.15) is 35.3 Å². The van der Waals surface area contributed by atoms with Crippen LogP contribution in [0.4, 0.5) is 24.5 Å². The van der Waals surface area contributed by atoms with E-state index in [0.29, 0.717) is 5.56 Å². The first-order valence-electron chi connectivity index (χ1n) is 8.44. The summed E-state index contributed by atoms with van der Waals surface area (Å²) >= 11 is 0. The number of amides is 1. The Labute approximate surface area is 163 Å². The van der Waals surface area contributed by atoms with Crippen LogP contribution in [0.2, 0.25) is 0 Å². The Balaban J connectivity index is 2.45. The van der Waals surface area contributed by atoms with E-state index in [1.165, 1.54) is 18.2 Å². The van der Waals surface area contributed by atoms with Crippen molar-refractivity contribution < 1.29 is 32.4 Å². The largest absolute Gasteiger partial charge is 0.462 e. The molecule has 1 amide bonds. The Morgan fingerprint density at radius 1 is 1.14 bits per heavy atom. The minimum absolute atomic E-state index is 0.00567. The number of halogens is 3. The van der Waals surface area contributed by atoms with Crippen molar-refractivity contribution in [1.29, 1.82) is 0 Å². The normalized spacial score (nSPS) is 11.1. The molecular formula is C19H17F3N2O5. The summed E-state index contributed by atoms with van der Waals surface area (Å²) in [6, 6.07) is 7.51. The van der Waals surface area contributed by atoms with Crippen molar-refractivity contribution in [2.24, 2.45) is 0 Å². The summed E-state index contributed by atoms with van der Waals surface area (Å²) in [6.45, 7) is 2.62. The maximum absolute atomic E-state index is 12.7. The molecular weight excluding hydrogens is 393 g/mol. The highest BCUT2D eigenvalue weighted by molar-refractivity contribution is 5.97. The van der Waals surface area contributed by atoms with Gasteiger partial charge in [-0.1, -0.05) is 12.1 Å². The molecule has 0 bridgehead atoms. The number of carbonyl (C=O) groups is 2. The summed E-state index contributed by atoms with van der Waals surface area (Å²) in [5.74, 6) is -1.31. The first kappa shape index (κ1) is 21.9. The Morgan fingerprint density at radius 3 is 2.24 bits per heavy atom. The maximum Gasteiger partial charge on any atom is 0.416 e. The van der Waals surface area contributed by atoms with Gasteiger partial charge in [0, 0.05) is 13.0 Å². The van der Waals surface area contributed by atoms with E-state index in [-0.39, 0.29) is 24.4 Å². The smallest absolute Gasteiger partial charge is 0.416 e. The van der Waals surface area contributed by atoms with Gasteiger partial charge in [0.1, 0.15) is 5.69 Å². The fraction of sp³-hybridized carbons (Fsp3) is 0.263. The second-order valence-electron chi connectivity index (χ2n) is 5.98. The number of benzene rings is 2. The van der Waals surface area contributed by atoms with Crippen LogP contribution < -0.4 is 4.90 Å². The second kappa shape index (κ2) is 8.72. The summed E-state index contributed by atoms with van der Waals surface area (Å²) < 4.78 is 43.0. The fourth-order valence-corrected chi connectivity index (χ4v) is 2.58. The highest BCUT2D eigenvalue weighted by Crippen LogP contribution is 2.32. The zero-order valence-electron chi connectivity index (χ0n) is 15.5.